The zero-order valence-corrected chi connectivity index (χ0v) is 17.3. The summed E-state index contributed by atoms with van der Waals surface area (Å²) in [6.45, 7) is 11.7. The zero-order valence-electron chi connectivity index (χ0n) is 17.3. The fourth-order valence-electron chi connectivity index (χ4n) is 3.19. The van der Waals surface area contributed by atoms with Gasteiger partial charge in [0, 0.05) is 37.9 Å². The third kappa shape index (κ3) is 6.22. The zero-order chi connectivity index (χ0) is 19.8. The quantitative estimate of drug-likeness (QED) is 0.455. The Morgan fingerprint density at radius 3 is 2.26 bits per heavy atom. The minimum atomic E-state index is 0.117. The van der Waals surface area contributed by atoms with E-state index in [1.807, 2.05) is 17.0 Å². The molecule has 0 aromatic heterocycles. The Kier molecular flexibility index (Phi) is 8.07. The van der Waals surface area contributed by atoms with Crippen molar-refractivity contribution in [3.63, 3.8) is 0 Å². The van der Waals surface area contributed by atoms with Crippen molar-refractivity contribution in [1.29, 1.82) is 0 Å². The van der Waals surface area contributed by atoms with Crippen LogP contribution in [0.5, 0.6) is 0 Å². The van der Waals surface area contributed by atoms with Gasteiger partial charge < -0.3 is 9.80 Å². The summed E-state index contributed by atoms with van der Waals surface area (Å²) >= 11 is 0. The van der Waals surface area contributed by atoms with Gasteiger partial charge in [-0.25, -0.2) is 4.84 Å². The maximum Gasteiger partial charge on any atom is 0.246 e. The first-order chi connectivity index (χ1) is 12.9. The number of rotatable bonds is 7. The smallest absolute Gasteiger partial charge is 0.246 e. The van der Waals surface area contributed by atoms with Gasteiger partial charge in [0.15, 0.2) is 5.69 Å². The fraction of sp³-hybridized carbons (Fsp3) is 0.500. The van der Waals surface area contributed by atoms with E-state index in [9.17, 15) is 4.79 Å². The van der Waals surface area contributed by atoms with Crippen LogP contribution in [0.4, 0.5) is 5.69 Å². The third-order valence-electron chi connectivity index (χ3n) is 4.53. The Morgan fingerprint density at radius 2 is 1.67 bits per heavy atom. The lowest BCUT2D eigenvalue weighted by Crippen LogP contribution is -2.76. The van der Waals surface area contributed by atoms with E-state index in [4.69, 9.17) is 4.84 Å². The van der Waals surface area contributed by atoms with Crippen molar-refractivity contribution in [3.05, 3.63) is 48.1 Å². The Balaban J connectivity index is 2.16. The number of piperazine rings is 1. The van der Waals surface area contributed by atoms with Crippen molar-refractivity contribution in [2.75, 3.05) is 33.3 Å². The minimum absolute atomic E-state index is 0.117. The lowest BCUT2D eigenvalue weighted by atomic mass is 10.0. The number of nitrogens with two attached hydrogens (primary N) is 1. The summed E-state index contributed by atoms with van der Waals surface area (Å²) in [5, 5.41) is 0. The molecule has 2 N–H and O–H groups in total. The Bertz CT molecular complexity index is 672. The maximum absolute atomic E-state index is 12.4. The van der Waals surface area contributed by atoms with Crippen LogP contribution in [0.2, 0.25) is 0 Å². The number of allylic oxidation sites excluding steroid dienone is 2. The highest BCUT2D eigenvalue weighted by molar-refractivity contribution is 5.87. The third-order valence-corrected chi connectivity index (χ3v) is 4.53. The van der Waals surface area contributed by atoms with Crippen LogP contribution in [-0.4, -0.2) is 49.0 Å². The monoisotopic (exact) mass is 372 g/mol. The van der Waals surface area contributed by atoms with Gasteiger partial charge in [0.2, 0.25) is 5.91 Å². The average Bonchev–Trinajstić information content (AvgIpc) is 2.65. The number of nitrogens with zero attached hydrogens (tertiary/aromatic N) is 2. The largest absolute Gasteiger partial charge is 0.368 e. The van der Waals surface area contributed by atoms with Crippen molar-refractivity contribution >= 4 is 17.3 Å². The molecule has 0 atom stereocenters. The number of hydrogen-bond donors (Lipinski definition) is 1. The van der Waals surface area contributed by atoms with E-state index in [1.165, 1.54) is 11.3 Å². The number of amides is 1. The maximum atomic E-state index is 12.4. The predicted octanol–water partition coefficient (Wildman–Crippen LogP) is 2.80. The van der Waals surface area contributed by atoms with Gasteiger partial charge in [-0.1, -0.05) is 52.0 Å². The Labute approximate surface area is 163 Å². The molecule has 0 unspecified atom stereocenters. The number of carbonyl (C=O) groups is 1. The number of quaternary nitrogens is 1. The summed E-state index contributed by atoms with van der Waals surface area (Å²) in [7, 11) is 1.68. The van der Waals surface area contributed by atoms with Crippen molar-refractivity contribution in [2.24, 2.45) is 11.8 Å². The van der Waals surface area contributed by atoms with Gasteiger partial charge >= 0.3 is 0 Å². The summed E-state index contributed by atoms with van der Waals surface area (Å²) < 4.78 is 0. The molecule has 148 valence electrons. The van der Waals surface area contributed by atoms with Gasteiger partial charge in [0.25, 0.3) is 0 Å². The normalized spacial score (nSPS) is 16.0. The van der Waals surface area contributed by atoms with Crippen LogP contribution in [0.1, 0.15) is 33.3 Å². The second kappa shape index (κ2) is 10.3. The molecule has 0 bridgehead atoms. The van der Waals surface area contributed by atoms with E-state index in [0.29, 0.717) is 11.8 Å². The molecule has 0 aliphatic carbocycles. The van der Waals surface area contributed by atoms with E-state index in [0.717, 1.165) is 31.9 Å². The molecular weight excluding hydrogens is 338 g/mol. The van der Waals surface area contributed by atoms with E-state index < -0.39 is 0 Å². The standard InChI is InChI=1S/C22H33N3O2/c1-17(2)10-11-22(26)25-14-12-24(13-15-25)21(16-18(3)4)19-8-6-7-9-20(19)23-27-5/h6-11,16-18,23H,12-15H2,1-5H3/p+1/b11-10+,21-16+. The lowest BCUT2D eigenvalue weighted by Gasteiger charge is -2.37. The van der Waals surface area contributed by atoms with Crippen molar-refractivity contribution in [1.82, 2.24) is 9.80 Å². The number of carbonyl (C=O) groups excluding carboxylic acids is 1. The van der Waals surface area contributed by atoms with Gasteiger partial charge in [0.05, 0.1) is 12.7 Å². The second-order valence-corrected chi connectivity index (χ2v) is 7.65. The molecule has 5 nitrogen and oxygen atoms in total. The number of hydrogen-bond acceptors (Lipinski definition) is 3. The van der Waals surface area contributed by atoms with E-state index in [-0.39, 0.29) is 5.91 Å². The van der Waals surface area contributed by atoms with Crippen LogP contribution < -0.4 is 5.48 Å². The van der Waals surface area contributed by atoms with Crippen LogP contribution in [0.25, 0.3) is 5.70 Å². The minimum Gasteiger partial charge on any atom is -0.368 e. The van der Waals surface area contributed by atoms with Gasteiger partial charge in [0.1, 0.15) is 0 Å². The highest BCUT2D eigenvalue weighted by Crippen LogP contribution is 2.27. The SMILES string of the molecule is CO[NH2+]c1ccccc1/C(=C\C(C)C)N1CCN(C(=O)/C=C/C(C)C)CC1. The van der Waals surface area contributed by atoms with Gasteiger partial charge in [-0.2, -0.15) is 5.48 Å². The Hall–Kier alpha value is -2.11. The first kappa shape index (κ1) is 21.2. The number of benzene rings is 1. The summed E-state index contributed by atoms with van der Waals surface area (Å²) in [4.78, 5) is 22.0. The van der Waals surface area contributed by atoms with Crippen LogP contribution in [0.3, 0.4) is 0 Å². The van der Waals surface area contributed by atoms with E-state index in [1.54, 1.807) is 18.7 Å². The molecule has 1 fully saturated rings. The summed E-state index contributed by atoms with van der Waals surface area (Å²) in [6.07, 6.45) is 5.99. The van der Waals surface area contributed by atoms with Crippen LogP contribution in [-0.2, 0) is 9.63 Å². The Morgan fingerprint density at radius 1 is 1.04 bits per heavy atom. The molecule has 0 spiro atoms. The van der Waals surface area contributed by atoms with Crippen LogP contribution >= 0.6 is 0 Å². The van der Waals surface area contributed by atoms with Crippen molar-refractivity contribution in [3.8, 4) is 0 Å². The molecule has 1 amide bonds. The average molecular weight is 373 g/mol. The molecule has 27 heavy (non-hydrogen) atoms. The topological polar surface area (TPSA) is 49.4 Å². The predicted molar refractivity (Wildman–Crippen MR) is 110 cm³/mol. The molecule has 1 aliphatic heterocycles. The lowest BCUT2D eigenvalue weighted by molar-refractivity contribution is -0.830. The summed E-state index contributed by atoms with van der Waals surface area (Å²) in [5.41, 5.74) is 5.26. The molecule has 1 heterocycles. The summed E-state index contributed by atoms with van der Waals surface area (Å²) in [6, 6.07) is 8.30. The van der Waals surface area contributed by atoms with Crippen molar-refractivity contribution < 1.29 is 15.1 Å². The van der Waals surface area contributed by atoms with Gasteiger partial charge in [-0.3, -0.25) is 4.79 Å². The molecule has 1 saturated heterocycles. The highest BCUT2D eigenvalue weighted by atomic mass is 16.6. The van der Waals surface area contributed by atoms with Gasteiger partial charge in [-0.15, -0.1) is 0 Å². The first-order valence-electron chi connectivity index (χ1n) is 9.81. The second-order valence-electron chi connectivity index (χ2n) is 7.65. The first-order valence-corrected chi connectivity index (χ1v) is 9.81. The molecule has 1 aromatic carbocycles. The fourth-order valence-corrected chi connectivity index (χ4v) is 3.19. The van der Waals surface area contributed by atoms with E-state index in [2.05, 4.69) is 56.9 Å². The molecule has 2 rings (SSSR count). The molecular formula is C22H34N3O2+. The van der Waals surface area contributed by atoms with Gasteiger partial charge in [-0.05, 0) is 24.0 Å². The molecule has 0 radical (unpaired) electrons. The van der Waals surface area contributed by atoms with Crippen molar-refractivity contribution in [2.45, 2.75) is 27.7 Å². The molecule has 0 saturated carbocycles. The van der Waals surface area contributed by atoms with E-state index >= 15 is 0 Å². The molecule has 5 heteroatoms. The molecule has 1 aromatic rings. The van der Waals surface area contributed by atoms with Crippen LogP contribution in [0, 0.1) is 11.8 Å². The summed E-state index contributed by atoms with van der Waals surface area (Å²) in [5.74, 6) is 0.944. The molecule has 1 aliphatic rings. The van der Waals surface area contributed by atoms with Crippen LogP contribution in [0.15, 0.2) is 42.5 Å². The highest BCUT2D eigenvalue weighted by Gasteiger charge is 2.24.